The lowest BCUT2D eigenvalue weighted by atomic mass is 9.82. The van der Waals surface area contributed by atoms with E-state index in [1.807, 2.05) is 67.6 Å². The van der Waals surface area contributed by atoms with Gasteiger partial charge in [0.2, 0.25) is 5.88 Å². The van der Waals surface area contributed by atoms with Gasteiger partial charge in [-0.25, -0.2) is 0 Å². The minimum absolute atomic E-state index is 0.250. The number of nitrogens with zero attached hydrogens (tertiary/aromatic N) is 2. The molecule has 0 saturated heterocycles. The van der Waals surface area contributed by atoms with Crippen molar-refractivity contribution < 1.29 is 9.47 Å². The zero-order chi connectivity index (χ0) is 19.5. The van der Waals surface area contributed by atoms with E-state index in [2.05, 4.69) is 11.1 Å². The van der Waals surface area contributed by atoms with Crippen molar-refractivity contribution in [2.45, 2.75) is 12.8 Å². The summed E-state index contributed by atoms with van der Waals surface area (Å²) in [6.07, 6.45) is 1.32. The Bertz CT molecular complexity index is 1130. The van der Waals surface area contributed by atoms with Crippen molar-refractivity contribution in [2.75, 3.05) is 6.61 Å². The number of nitriles is 1. The van der Waals surface area contributed by atoms with E-state index >= 15 is 0 Å². The van der Waals surface area contributed by atoms with Crippen molar-refractivity contribution >= 4 is 28.8 Å². The van der Waals surface area contributed by atoms with Gasteiger partial charge in [-0.2, -0.15) is 10.3 Å². The van der Waals surface area contributed by atoms with Gasteiger partial charge in [-0.1, -0.05) is 60.1 Å². The summed E-state index contributed by atoms with van der Waals surface area (Å²) in [5.74, 6) is 0.657. The molecule has 0 aromatic heterocycles. The van der Waals surface area contributed by atoms with Crippen molar-refractivity contribution in [3.63, 3.8) is 0 Å². The Hall–Kier alpha value is -3.29. The molecule has 0 radical (unpaired) electrons. The molecule has 4 nitrogen and oxygen atoms in total. The van der Waals surface area contributed by atoms with Gasteiger partial charge in [-0.15, -0.1) is 0 Å². The summed E-state index contributed by atoms with van der Waals surface area (Å²) in [7, 11) is 0. The van der Waals surface area contributed by atoms with Crippen LogP contribution in [0.4, 0.5) is 0 Å². The van der Waals surface area contributed by atoms with Crippen LogP contribution in [0.5, 0.6) is 5.75 Å². The molecule has 0 amide bonds. The number of rotatable bonds is 4. The normalized spacial score (nSPS) is 16.0. The number of hydrogen-bond acceptors (Lipinski definition) is 4. The lowest BCUT2D eigenvalue weighted by Crippen LogP contribution is -2.16. The average Bonchev–Trinajstić information content (AvgIpc) is 2.73. The fourth-order valence-corrected chi connectivity index (χ4v) is 3.53. The van der Waals surface area contributed by atoms with Crippen LogP contribution in [0.15, 0.2) is 77.1 Å². The minimum atomic E-state index is -0.301. The predicted molar refractivity (Wildman–Crippen MR) is 111 cm³/mol. The van der Waals surface area contributed by atoms with Gasteiger partial charge < -0.3 is 9.47 Å². The number of aliphatic imine (C=N–C) groups is 1. The highest BCUT2D eigenvalue weighted by Crippen LogP contribution is 2.46. The molecular formula is C23H17ClN2O2. The molecule has 0 saturated carbocycles. The van der Waals surface area contributed by atoms with E-state index in [4.69, 9.17) is 21.1 Å². The summed E-state index contributed by atoms with van der Waals surface area (Å²) in [4.78, 5) is 4.29. The van der Waals surface area contributed by atoms with Crippen LogP contribution in [0, 0.1) is 11.3 Å². The Morgan fingerprint density at radius 2 is 1.93 bits per heavy atom. The summed E-state index contributed by atoms with van der Waals surface area (Å²) in [6.45, 7) is 2.35. The number of fused-ring (bicyclic) bond motifs is 3. The maximum Gasteiger partial charge on any atom is 0.236 e. The van der Waals surface area contributed by atoms with Crippen LogP contribution in [0.3, 0.4) is 0 Å². The molecule has 1 unspecified atom stereocenters. The fourth-order valence-electron chi connectivity index (χ4n) is 3.40. The van der Waals surface area contributed by atoms with Crippen LogP contribution in [-0.4, -0.2) is 13.0 Å². The molecule has 28 heavy (non-hydrogen) atoms. The third kappa shape index (κ3) is 3.21. The molecule has 0 aliphatic carbocycles. The highest BCUT2D eigenvalue weighted by atomic mass is 35.5. The van der Waals surface area contributed by atoms with Gasteiger partial charge in [0.05, 0.1) is 12.5 Å². The molecule has 1 aliphatic rings. The van der Waals surface area contributed by atoms with E-state index in [0.29, 0.717) is 23.0 Å². The van der Waals surface area contributed by atoms with E-state index in [1.54, 1.807) is 0 Å². The maximum atomic E-state index is 9.91. The summed E-state index contributed by atoms with van der Waals surface area (Å²) >= 11 is 6.07. The van der Waals surface area contributed by atoms with Crippen LogP contribution in [0.2, 0.25) is 5.02 Å². The largest absolute Gasteiger partial charge is 0.483 e. The molecule has 0 fully saturated rings. The quantitative estimate of drug-likeness (QED) is 0.418. The first-order valence-electron chi connectivity index (χ1n) is 8.96. The maximum absolute atomic E-state index is 9.91. The van der Waals surface area contributed by atoms with Crippen molar-refractivity contribution in [3.8, 4) is 11.8 Å². The molecule has 3 aromatic carbocycles. The Morgan fingerprint density at radius 1 is 1.14 bits per heavy atom. The van der Waals surface area contributed by atoms with E-state index < -0.39 is 0 Å². The van der Waals surface area contributed by atoms with Gasteiger partial charge in [0.25, 0.3) is 0 Å². The molecule has 1 aliphatic heterocycles. The van der Waals surface area contributed by atoms with Crippen LogP contribution in [0.25, 0.3) is 10.8 Å². The monoisotopic (exact) mass is 388 g/mol. The van der Waals surface area contributed by atoms with Crippen LogP contribution in [-0.2, 0) is 4.74 Å². The number of halogens is 1. The first kappa shape index (κ1) is 18.1. The molecule has 0 N–H and O–H groups in total. The number of allylic oxidation sites excluding steroid dienone is 1. The number of hydrogen-bond donors (Lipinski definition) is 0. The molecule has 138 valence electrons. The third-order valence-corrected chi connectivity index (χ3v) is 4.93. The Kier molecular flexibility index (Phi) is 5.01. The zero-order valence-electron chi connectivity index (χ0n) is 15.2. The van der Waals surface area contributed by atoms with E-state index in [1.165, 1.54) is 6.40 Å². The number of ether oxygens (including phenoxy) is 2. The van der Waals surface area contributed by atoms with Crippen molar-refractivity contribution in [1.29, 1.82) is 5.26 Å². The first-order chi connectivity index (χ1) is 13.7. The van der Waals surface area contributed by atoms with E-state index in [9.17, 15) is 5.26 Å². The lowest BCUT2D eigenvalue weighted by molar-refractivity contribution is 0.336. The van der Waals surface area contributed by atoms with Gasteiger partial charge in [-0.05, 0) is 30.0 Å². The molecular weight excluding hydrogens is 372 g/mol. The number of benzene rings is 3. The first-order valence-corrected chi connectivity index (χ1v) is 9.34. The van der Waals surface area contributed by atoms with Crippen molar-refractivity contribution in [3.05, 3.63) is 88.3 Å². The SMILES string of the molecule is CCO/C=N\C1=C(C#N)C(c2ccc(Cl)cc2)c2ccc3ccccc3c2O1. The third-order valence-electron chi connectivity index (χ3n) is 4.67. The molecule has 1 atom stereocenters. The van der Waals surface area contributed by atoms with Gasteiger partial charge in [0.15, 0.2) is 6.40 Å². The molecule has 0 bridgehead atoms. The lowest BCUT2D eigenvalue weighted by Gasteiger charge is -2.27. The predicted octanol–water partition coefficient (Wildman–Crippen LogP) is 5.82. The topological polar surface area (TPSA) is 54.6 Å². The summed E-state index contributed by atoms with van der Waals surface area (Å²) in [5, 5.41) is 12.6. The van der Waals surface area contributed by atoms with Crippen molar-refractivity contribution in [1.82, 2.24) is 0 Å². The smallest absolute Gasteiger partial charge is 0.236 e. The van der Waals surface area contributed by atoms with Gasteiger partial charge in [0.1, 0.15) is 17.4 Å². The molecule has 0 spiro atoms. The Balaban J connectivity index is 1.96. The Labute approximate surface area is 168 Å². The Morgan fingerprint density at radius 3 is 2.68 bits per heavy atom. The second kappa shape index (κ2) is 7.75. The van der Waals surface area contributed by atoms with E-state index in [0.717, 1.165) is 21.9 Å². The van der Waals surface area contributed by atoms with Gasteiger partial charge >= 0.3 is 0 Å². The average molecular weight is 389 g/mol. The summed E-state index contributed by atoms with van der Waals surface area (Å²) in [5.41, 5.74) is 2.30. The van der Waals surface area contributed by atoms with Crippen molar-refractivity contribution in [2.24, 2.45) is 4.99 Å². The standard InChI is InChI=1S/C23H17ClN2O2/c1-2-27-14-26-23-20(13-25)21(16-7-10-17(24)11-8-16)19-12-9-15-5-3-4-6-18(15)22(19)28-23/h3-12,14,21H,2H2,1H3/b26-14-. The summed E-state index contributed by atoms with van der Waals surface area (Å²) < 4.78 is 11.4. The fraction of sp³-hybridized carbons (Fsp3) is 0.130. The molecule has 4 rings (SSSR count). The molecule has 1 heterocycles. The molecule has 3 aromatic rings. The van der Waals surface area contributed by atoms with Crippen LogP contribution in [0.1, 0.15) is 24.0 Å². The second-order valence-electron chi connectivity index (χ2n) is 6.31. The summed E-state index contributed by atoms with van der Waals surface area (Å²) in [6, 6.07) is 21.8. The minimum Gasteiger partial charge on any atom is -0.483 e. The zero-order valence-corrected chi connectivity index (χ0v) is 16.0. The van der Waals surface area contributed by atoms with Gasteiger partial charge in [0, 0.05) is 16.0 Å². The molecule has 5 heteroatoms. The second-order valence-corrected chi connectivity index (χ2v) is 6.75. The van der Waals surface area contributed by atoms with Gasteiger partial charge in [-0.3, -0.25) is 0 Å². The van der Waals surface area contributed by atoms with Crippen LogP contribution < -0.4 is 4.74 Å². The highest BCUT2D eigenvalue weighted by Gasteiger charge is 2.32. The highest BCUT2D eigenvalue weighted by molar-refractivity contribution is 6.30. The van der Waals surface area contributed by atoms with Crippen LogP contribution >= 0.6 is 11.6 Å². The van der Waals surface area contributed by atoms with E-state index in [-0.39, 0.29) is 11.8 Å².